The molecule has 0 atom stereocenters. The minimum absolute atomic E-state index is 0.234. The van der Waals surface area contributed by atoms with Gasteiger partial charge in [-0.1, -0.05) is 44.4 Å². The first kappa shape index (κ1) is 23.0. The van der Waals surface area contributed by atoms with E-state index < -0.39 is 0 Å². The number of carbonyl (C=O) groups excluding carboxylic acids is 1. The molecule has 1 aromatic carbocycles. The molecule has 1 amide bonds. The molecule has 2 rings (SSSR count). The van der Waals surface area contributed by atoms with Gasteiger partial charge in [0.05, 0.1) is 12.3 Å². The van der Waals surface area contributed by atoms with Crippen LogP contribution in [0.25, 0.3) is 0 Å². The third-order valence-electron chi connectivity index (χ3n) is 4.98. The first-order chi connectivity index (χ1) is 14.2. The number of anilines is 1. The molecule has 0 aliphatic carbocycles. The van der Waals surface area contributed by atoms with E-state index in [0.717, 1.165) is 55.8 Å². The van der Waals surface area contributed by atoms with Gasteiger partial charge in [-0.15, -0.1) is 6.58 Å². The van der Waals surface area contributed by atoms with Crippen molar-refractivity contribution >= 4 is 11.8 Å². The van der Waals surface area contributed by atoms with Crippen molar-refractivity contribution in [2.45, 2.75) is 45.4 Å². The van der Waals surface area contributed by atoms with Crippen LogP contribution in [0.5, 0.6) is 5.75 Å². The number of amides is 1. The summed E-state index contributed by atoms with van der Waals surface area (Å²) in [5.74, 6) is 0.836. The number of likely N-dealkylation sites (N-methyl/N-ethyl adjacent to an activating group) is 1. The van der Waals surface area contributed by atoms with E-state index in [-0.39, 0.29) is 6.09 Å². The van der Waals surface area contributed by atoms with Crippen LogP contribution < -0.4 is 9.64 Å². The molecule has 0 fully saturated rings. The van der Waals surface area contributed by atoms with Crippen LogP contribution in [-0.2, 0) is 11.2 Å². The Morgan fingerprint density at radius 1 is 1.24 bits per heavy atom. The van der Waals surface area contributed by atoms with E-state index in [0.29, 0.717) is 19.8 Å². The Hall–Kier alpha value is -2.27. The molecule has 0 unspecified atom stereocenters. The summed E-state index contributed by atoms with van der Waals surface area (Å²) in [4.78, 5) is 16.4. The Balaban J connectivity index is 1.84. The predicted molar refractivity (Wildman–Crippen MR) is 120 cm³/mol. The average Bonchev–Trinajstić information content (AvgIpc) is 2.72. The van der Waals surface area contributed by atoms with Gasteiger partial charge in [-0.3, -0.25) is 9.80 Å². The van der Waals surface area contributed by atoms with Gasteiger partial charge in [0.1, 0.15) is 12.4 Å². The van der Waals surface area contributed by atoms with Crippen LogP contribution in [0, 0.1) is 0 Å². The highest BCUT2D eigenvalue weighted by Crippen LogP contribution is 2.31. The molecule has 0 bridgehead atoms. The number of rotatable bonds is 12. The van der Waals surface area contributed by atoms with E-state index in [9.17, 15) is 4.79 Å². The maximum absolute atomic E-state index is 12.5. The Morgan fingerprint density at radius 3 is 2.90 bits per heavy atom. The SMILES string of the molecule is C=CCN(C)CC=CCOc1ccc2c(c1)CCCN2C(=O)OCCCCCC. The van der Waals surface area contributed by atoms with E-state index >= 15 is 0 Å². The number of aryl methyl sites for hydroxylation is 1. The number of ether oxygens (including phenoxy) is 2. The first-order valence-corrected chi connectivity index (χ1v) is 10.8. The molecule has 160 valence electrons. The fourth-order valence-electron chi connectivity index (χ4n) is 3.38. The lowest BCUT2D eigenvalue weighted by molar-refractivity contribution is 0.150. The quantitative estimate of drug-likeness (QED) is 0.357. The summed E-state index contributed by atoms with van der Waals surface area (Å²) in [6.07, 6.45) is 12.1. The Labute approximate surface area is 176 Å². The van der Waals surface area contributed by atoms with E-state index in [1.54, 1.807) is 4.90 Å². The van der Waals surface area contributed by atoms with Gasteiger partial charge < -0.3 is 9.47 Å². The van der Waals surface area contributed by atoms with Crippen LogP contribution >= 0.6 is 0 Å². The lowest BCUT2D eigenvalue weighted by Gasteiger charge is -2.29. The number of benzene rings is 1. The van der Waals surface area contributed by atoms with E-state index in [1.807, 2.05) is 30.4 Å². The monoisotopic (exact) mass is 400 g/mol. The van der Waals surface area contributed by atoms with Crippen molar-refractivity contribution in [2.24, 2.45) is 0 Å². The van der Waals surface area contributed by atoms with Crippen LogP contribution in [0.2, 0.25) is 0 Å². The van der Waals surface area contributed by atoms with Crippen molar-refractivity contribution in [2.75, 3.05) is 44.8 Å². The van der Waals surface area contributed by atoms with E-state index in [4.69, 9.17) is 9.47 Å². The van der Waals surface area contributed by atoms with E-state index in [2.05, 4.69) is 31.5 Å². The fourth-order valence-corrected chi connectivity index (χ4v) is 3.38. The maximum Gasteiger partial charge on any atom is 0.414 e. The number of hydrogen-bond acceptors (Lipinski definition) is 4. The molecule has 1 heterocycles. The number of hydrogen-bond donors (Lipinski definition) is 0. The molecule has 1 aliphatic rings. The lowest BCUT2D eigenvalue weighted by Crippen LogP contribution is -2.36. The second kappa shape index (κ2) is 13.0. The number of nitrogens with zero attached hydrogens (tertiary/aromatic N) is 2. The van der Waals surface area contributed by atoms with Crippen molar-refractivity contribution in [3.8, 4) is 5.75 Å². The number of carbonyl (C=O) groups is 1. The Bertz CT molecular complexity index is 672. The molecule has 0 N–H and O–H groups in total. The Kier molecular flexibility index (Phi) is 10.4. The van der Waals surface area contributed by atoms with Crippen LogP contribution in [0.3, 0.4) is 0 Å². The highest BCUT2D eigenvalue weighted by Gasteiger charge is 2.24. The zero-order valence-electron chi connectivity index (χ0n) is 18.1. The van der Waals surface area contributed by atoms with Crippen molar-refractivity contribution < 1.29 is 14.3 Å². The van der Waals surface area contributed by atoms with Crippen LogP contribution in [0.15, 0.2) is 43.0 Å². The summed E-state index contributed by atoms with van der Waals surface area (Å²) in [6, 6.07) is 5.96. The van der Waals surface area contributed by atoms with Crippen LogP contribution in [0.4, 0.5) is 10.5 Å². The fraction of sp³-hybridized carbons (Fsp3) is 0.542. The second-order valence-corrected chi connectivity index (χ2v) is 7.51. The minimum Gasteiger partial charge on any atom is -0.490 e. The smallest absolute Gasteiger partial charge is 0.414 e. The molecule has 1 aliphatic heterocycles. The van der Waals surface area contributed by atoms with Crippen molar-refractivity contribution in [3.63, 3.8) is 0 Å². The van der Waals surface area contributed by atoms with Crippen molar-refractivity contribution in [1.29, 1.82) is 0 Å². The topological polar surface area (TPSA) is 42.0 Å². The van der Waals surface area contributed by atoms with Gasteiger partial charge in [0.25, 0.3) is 0 Å². The van der Waals surface area contributed by atoms with Gasteiger partial charge in [0.2, 0.25) is 0 Å². The number of fused-ring (bicyclic) bond motifs is 1. The summed E-state index contributed by atoms with van der Waals surface area (Å²) in [5.41, 5.74) is 2.09. The highest BCUT2D eigenvalue weighted by atomic mass is 16.6. The third kappa shape index (κ3) is 7.94. The van der Waals surface area contributed by atoms with Gasteiger partial charge in [0, 0.05) is 19.6 Å². The third-order valence-corrected chi connectivity index (χ3v) is 4.98. The largest absolute Gasteiger partial charge is 0.490 e. The van der Waals surface area contributed by atoms with Crippen LogP contribution in [0.1, 0.15) is 44.6 Å². The van der Waals surface area contributed by atoms with Crippen molar-refractivity contribution in [1.82, 2.24) is 4.90 Å². The molecule has 0 spiro atoms. The summed E-state index contributed by atoms with van der Waals surface area (Å²) < 4.78 is 11.3. The van der Waals surface area contributed by atoms with E-state index in [1.165, 1.54) is 12.8 Å². The van der Waals surface area contributed by atoms with Crippen LogP contribution in [-0.4, -0.2) is 50.9 Å². The Morgan fingerprint density at radius 2 is 2.10 bits per heavy atom. The zero-order chi connectivity index (χ0) is 20.9. The summed E-state index contributed by atoms with van der Waals surface area (Å²) in [6.45, 7) is 9.39. The molecule has 0 saturated heterocycles. The van der Waals surface area contributed by atoms with Gasteiger partial charge in [-0.05, 0) is 50.1 Å². The molecule has 1 aromatic rings. The van der Waals surface area contributed by atoms with Crippen molar-refractivity contribution in [3.05, 3.63) is 48.6 Å². The van der Waals surface area contributed by atoms with Gasteiger partial charge in [-0.2, -0.15) is 0 Å². The molecular formula is C24H36N2O3. The molecular weight excluding hydrogens is 364 g/mol. The standard InChI is InChI=1S/C24H36N2O3/c1-4-6-7-9-19-29-24(27)26-17-11-12-21-20-22(13-14-23(21)26)28-18-10-8-16-25(3)15-5-2/h5,8,10,13-14,20H,2,4,6-7,9,11-12,15-19H2,1,3H3. The summed E-state index contributed by atoms with van der Waals surface area (Å²) in [5, 5.41) is 0. The lowest BCUT2D eigenvalue weighted by atomic mass is 10.0. The van der Waals surface area contributed by atoms with Gasteiger partial charge in [0.15, 0.2) is 0 Å². The summed E-state index contributed by atoms with van der Waals surface area (Å²) in [7, 11) is 2.05. The first-order valence-electron chi connectivity index (χ1n) is 10.8. The van der Waals surface area contributed by atoms with Gasteiger partial charge >= 0.3 is 6.09 Å². The zero-order valence-corrected chi connectivity index (χ0v) is 18.1. The molecule has 0 aromatic heterocycles. The molecule has 0 radical (unpaired) electrons. The average molecular weight is 401 g/mol. The molecule has 5 nitrogen and oxygen atoms in total. The normalized spacial score (nSPS) is 13.6. The predicted octanol–water partition coefficient (Wildman–Crippen LogP) is 5.21. The molecule has 5 heteroatoms. The number of unbranched alkanes of at least 4 members (excludes halogenated alkanes) is 3. The summed E-state index contributed by atoms with van der Waals surface area (Å²) >= 11 is 0. The molecule has 29 heavy (non-hydrogen) atoms. The highest BCUT2D eigenvalue weighted by molar-refractivity contribution is 5.89. The maximum atomic E-state index is 12.5. The molecule has 0 saturated carbocycles. The second-order valence-electron chi connectivity index (χ2n) is 7.51. The van der Waals surface area contributed by atoms with Gasteiger partial charge in [-0.25, -0.2) is 4.79 Å². The minimum atomic E-state index is -0.234.